The van der Waals surface area contributed by atoms with E-state index < -0.39 is 0 Å². The lowest BCUT2D eigenvalue weighted by molar-refractivity contribution is -0.121. The van der Waals surface area contributed by atoms with Crippen molar-refractivity contribution in [1.82, 2.24) is 20.2 Å². The fourth-order valence-corrected chi connectivity index (χ4v) is 1.88. The highest BCUT2D eigenvalue weighted by molar-refractivity contribution is 5.75. The first kappa shape index (κ1) is 11.1. The van der Waals surface area contributed by atoms with Crippen molar-refractivity contribution in [2.45, 2.75) is 19.4 Å². The van der Waals surface area contributed by atoms with Crippen LogP contribution in [0.3, 0.4) is 0 Å². The molecule has 88 valence electrons. The van der Waals surface area contributed by atoms with Gasteiger partial charge in [0.25, 0.3) is 0 Å². The number of aryl methyl sites for hydroxylation is 1. The molecule has 1 aliphatic rings. The maximum Gasteiger partial charge on any atom is 0.221 e. The number of nitrogens with one attached hydrogen (secondary N) is 2. The van der Waals surface area contributed by atoms with Crippen molar-refractivity contribution in [3.05, 3.63) is 18.7 Å². The minimum Gasteiger partial charge on any atom is -0.356 e. The second-order valence-corrected chi connectivity index (χ2v) is 4.21. The number of carbonyl (C=O) groups excluding carboxylic acids is 1. The predicted molar refractivity (Wildman–Crippen MR) is 60.8 cm³/mol. The topological polar surface area (TPSA) is 59.0 Å². The van der Waals surface area contributed by atoms with Crippen LogP contribution in [0.4, 0.5) is 0 Å². The van der Waals surface area contributed by atoms with Crippen LogP contribution in [0, 0.1) is 5.92 Å². The standard InChI is InChI=1S/C11H18N4O/c16-11(2-5-15-6-4-13-9-15)14-8-10-1-3-12-7-10/h4,6,9-10,12H,1-3,5,7-8H2,(H,14,16). The van der Waals surface area contributed by atoms with Crippen LogP contribution in [-0.4, -0.2) is 35.1 Å². The van der Waals surface area contributed by atoms with Crippen LogP contribution >= 0.6 is 0 Å². The molecule has 0 aromatic carbocycles. The Morgan fingerprint density at radius 1 is 1.62 bits per heavy atom. The van der Waals surface area contributed by atoms with E-state index in [1.165, 1.54) is 6.42 Å². The van der Waals surface area contributed by atoms with E-state index in [0.29, 0.717) is 18.9 Å². The van der Waals surface area contributed by atoms with Crippen LogP contribution in [-0.2, 0) is 11.3 Å². The molecule has 0 radical (unpaired) electrons. The van der Waals surface area contributed by atoms with Crippen molar-refractivity contribution in [2.75, 3.05) is 19.6 Å². The van der Waals surface area contributed by atoms with Crippen LogP contribution in [0.2, 0.25) is 0 Å². The molecule has 1 saturated heterocycles. The Hall–Kier alpha value is -1.36. The highest BCUT2D eigenvalue weighted by atomic mass is 16.1. The molecule has 1 amide bonds. The Bertz CT molecular complexity index is 317. The van der Waals surface area contributed by atoms with Gasteiger partial charge in [-0.05, 0) is 25.4 Å². The molecule has 1 aliphatic heterocycles. The molecule has 0 bridgehead atoms. The first-order chi connectivity index (χ1) is 7.84. The van der Waals surface area contributed by atoms with E-state index in [4.69, 9.17) is 0 Å². The zero-order valence-electron chi connectivity index (χ0n) is 9.35. The van der Waals surface area contributed by atoms with Gasteiger partial charge in [-0.2, -0.15) is 0 Å². The zero-order chi connectivity index (χ0) is 11.2. The summed E-state index contributed by atoms with van der Waals surface area (Å²) < 4.78 is 1.91. The summed E-state index contributed by atoms with van der Waals surface area (Å²) in [7, 11) is 0. The summed E-state index contributed by atoms with van der Waals surface area (Å²) in [6.07, 6.45) is 7.02. The van der Waals surface area contributed by atoms with Crippen LogP contribution in [0.1, 0.15) is 12.8 Å². The number of nitrogens with zero attached hydrogens (tertiary/aromatic N) is 2. The van der Waals surface area contributed by atoms with Gasteiger partial charge < -0.3 is 15.2 Å². The summed E-state index contributed by atoms with van der Waals surface area (Å²) in [5, 5.41) is 6.26. The molecule has 2 rings (SSSR count). The van der Waals surface area contributed by atoms with E-state index in [2.05, 4.69) is 15.6 Å². The summed E-state index contributed by atoms with van der Waals surface area (Å²) >= 11 is 0. The van der Waals surface area contributed by atoms with E-state index >= 15 is 0 Å². The van der Waals surface area contributed by atoms with Crippen LogP contribution in [0.5, 0.6) is 0 Å². The van der Waals surface area contributed by atoms with Crippen LogP contribution < -0.4 is 10.6 Å². The summed E-state index contributed by atoms with van der Waals surface area (Å²) in [6.45, 7) is 3.61. The van der Waals surface area contributed by atoms with Gasteiger partial charge in [-0.15, -0.1) is 0 Å². The summed E-state index contributed by atoms with van der Waals surface area (Å²) in [5.41, 5.74) is 0. The third-order valence-corrected chi connectivity index (χ3v) is 2.91. The average Bonchev–Trinajstić information content (AvgIpc) is 2.96. The predicted octanol–water partition coefficient (Wildman–Crippen LogP) is -0.00110. The summed E-state index contributed by atoms with van der Waals surface area (Å²) in [5.74, 6) is 0.734. The summed E-state index contributed by atoms with van der Waals surface area (Å²) in [4.78, 5) is 15.5. The largest absolute Gasteiger partial charge is 0.356 e. The molecule has 1 fully saturated rings. The minimum atomic E-state index is 0.126. The van der Waals surface area contributed by atoms with Crippen molar-refractivity contribution in [2.24, 2.45) is 5.92 Å². The van der Waals surface area contributed by atoms with Crippen molar-refractivity contribution in [3.63, 3.8) is 0 Å². The monoisotopic (exact) mass is 222 g/mol. The van der Waals surface area contributed by atoms with Gasteiger partial charge >= 0.3 is 0 Å². The molecule has 2 heterocycles. The number of hydrogen-bond donors (Lipinski definition) is 2. The molecular formula is C11H18N4O. The Kier molecular flexibility index (Phi) is 3.93. The molecule has 0 aliphatic carbocycles. The lowest BCUT2D eigenvalue weighted by Gasteiger charge is -2.10. The number of hydrogen-bond acceptors (Lipinski definition) is 3. The Morgan fingerprint density at radius 2 is 2.56 bits per heavy atom. The molecule has 1 aromatic rings. The van der Waals surface area contributed by atoms with Crippen LogP contribution in [0.15, 0.2) is 18.7 Å². The van der Waals surface area contributed by atoms with Gasteiger partial charge in [-0.1, -0.05) is 0 Å². The average molecular weight is 222 g/mol. The number of carbonyl (C=O) groups is 1. The molecule has 5 heteroatoms. The molecule has 0 spiro atoms. The van der Waals surface area contributed by atoms with Crippen molar-refractivity contribution < 1.29 is 4.79 Å². The van der Waals surface area contributed by atoms with Crippen molar-refractivity contribution >= 4 is 5.91 Å². The normalized spacial score (nSPS) is 19.9. The van der Waals surface area contributed by atoms with E-state index in [9.17, 15) is 4.79 Å². The number of amides is 1. The van der Waals surface area contributed by atoms with Gasteiger partial charge in [0.1, 0.15) is 0 Å². The maximum absolute atomic E-state index is 11.5. The summed E-state index contributed by atoms with van der Waals surface area (Å²) in [6, 6.07) is 0. The molecule has 5 nitrogen and oxygen atoms in total. The van der Waals surface area contributed by atoms with Gasteiger partial charge in [-0.3, -0.25) is 4.79 Å². The smallest absolute Gasteiger partial charge is 0.221 e. The fraction of sp³-hybridized carbons (Fsp3) is 0.636. The highest BCUT2D eigenvalue weighted by Gasteiger charge is 2.14. The quantitative estimate of drug-likeness (QED) is 0.737. The van der Waals surface area contributed by atoms with Gasteiger partial charge in [0.2, 0.25) is 5.91 Å². The molecule has 1 unspecified atom stereocenters. The van der Waals surface area contributed by atoms with Gasteiger partial charge in [0.15, 0.2) is 0 Å². The minimum absolute atomic E-state index is 0.126. The van der Waals surface area contributed by atoms with Gasteiger partial charge in [-0.25, -0.2) is 4.98 Å². The second-order valence-electron chi connectivity index (χ2n) is 4.21. The zero-order valence-corrected chi connectivity index (χ0v) is 9.35. The van der Waals surface area contributed by atoms with Crippen molar-refractivity contribution in [3.8, 4) is 0 Å². The molecule has 2 N–H and O–H groups in total. The van der Waals surface area contributed by atoms with E-state index in [0.717, 1.165) is 19.6 Å². The highest BCUT2D eigenvalue weighted by Crippen LogP contribution is 2.05. The fourth-order valence-electron chi connectivity index (χ4n) is 1.88. The lowest BCUT2D eigenvalue weighted by atomic mass is 10.1. The van der Waals surface area contributed by atoms with E-state index in [1.54, 1.807) is 12.5 Å². The molecule has 16 heavy (non-hydrogen) atoms. The third-order valence-electron chi connectivity index (χ3n) is 2.91. The van der Waals surface area contributed by atoms with Crippen molar-refractivity contribution in [1.29, 1.82) is 0 Å². The number of aromatic nitrogens is 2. The van der Waals surface area contributed by atoms with E-state index in [-0.39, 0.29) is 5.91 Å². The molecular weight excluding hydrogens is 204 g/mol. The van der Waals surface area contributed by atoms with Gasteiger partial charge in [0.05, 0.1) is 6.33 Å². The van der Waals surface area contributed by atoms with E-state index in [1.807, 2.05) is 10.8 Å². The SMILES string of the molecule is O=C(CCn1ccnc1)NCC1CCNC1. The molecule has 1 atom stereocenters. The van der Waals surface area contributed by atoms with Crippen LogP contribution in [0.25, 0.3) is 0 Å². The Morgan fingerprint density at radius 3 is 3.25 bits per heavy atom. The maximum atomic E-state index is 11.5. The lowest BCUT2D eigenvalue weighted by Crippen LogP contribution is -2.30. The Balaban J connectivity index is 1.60. The second kappa shape index (κ2) is 5.65. The Labute approximate surface area is 95.2 Å². The third kappa shape index (κ3) is 3.34. The number of imidazole rings is 1. The number of rotatable bonds is 5. The molecule has 0 saturated carbocycles. The first-order valence-corrected chi connectivity index (χ1v) is 5.78. The molecule has 1 aromatic heterocycles. The van der Waals surface area contributed by atoms with Gasteiger partial charge in [0, 0.05) is 31.9 Å². The first-order valence-electron chi connectivity index (χ1n) is 5.78.